The third-order valence-corrected chi connectivity index (χ3v) is 8.15. The Morgan fingerprint density at radius 2 is 1.38 bits per heavy atom. The molecule has 1 atom stereocenters. The number of carboxylic acid groups (broad SMARTS) is 1. The van der Waals surface area contributed by atoms with E-state index in [-0.39, 0.29) is 24.0 Å². The second-order valence-electron chi connectivity index (χ2n) is 4.83. The van der Waals surface area contributed by atoms with Gasteiger partial charge in [-0.3, -0.25) is 19.3 Å². The summed E-state index contributed by atoms with van der Waals surface area (Å²) >= 11 is 13.0. The van der Waals surface area contributed by atoms with Crippen molar-refractivity contribution in [2.24, 2.45) is 5.73 Å². The molecule has 2 N–H and O–H groups in total. The Hall–Kier alpha value is -0.780. The van der Waals surface area contributed by atoms with Gasteiger partial charge in [0.2, 0.25) is 5.91 Å². The van der Waals surface area contributed by atoms with Crippen molar-refractivity contribution >= 4 is 87.4 Å². The topological polar surface area (TPSA) is 121 Å². The largest absolute Gasteiger partial charge is 0.548 e. The molecule has 2 rings (SSSR count). The van der Waals surface area contributed by atoms with Crippen LogP contribution < -0.4 is 10.8 Å². The number of hydrogen-bond donors (Lipinski definition) is 1. The smallest absolute Gasteiger partial charge is 0.263 e. The van der Waals surface area contributed by atoms with Gasteiger partial charge in [0, 0.05) is 24.3 Å². The number of amides is 3. The monoisotopic (exact) mass is 587 g/mol. The summed E-state index contributed by atoms with van der Waals surface area (Å²) < 4.78 is 1.58. The van der Waals surface area contributed by atoms with Gasteiger partial charge >= 0.3 is 0 Å². The summed E-state index contributed by atoms with van der Waals surface area (Å²) in [6.45, 7) is 0. The number of carbonyl (C=O) groups excluding carboxylic acids is 4. The molecule has 0 spiro atoms. The van der Waals surface area contributed by atoms with Gasteiger partial charge in [-0.05, 0) is 70.1 Å². The van der Waals surface area contributed by atoms with Gasteiger partial charge in [0.15, 0.2) is 0 Å². The second kappa shape index (κ2) is 7.22. The highest BCUT2D eigenvalue weighted by molar-refractivity contribution is 9.15. The van der Waals surface area contributed by atoms with Gasteiger partial charge in [-0.2, -0.15) is 0 Å². The van der Waals surface area contributed by atoms with E-state index in [0.29, 0.717) is 22.8 Å². The van der Waals surface area contributed by atoms with Crippen LogP contribution in [0.15, 0.2) is 17.9 Å². The second-order valence-corrected chi connectivity index (χ2v) is 8.00. The van der Waals surface area contributed by atoms with Crippen molar-refractivity contribution in [1.82, 2.24) is 4.90 Å². The lowest BCUT2D eigenvalue weighted by molar-refractivity contribution is -0.310. The number of fused-ring (bicyclic) bond motifs is 1. The Morgan fingerprint density at radius 1 is 0.958 bits per heavy atom. The summed E-state index contributed by atoms with van der Waals surface area (Å²) in [4.78, 5) is 48.2. The zero-order chi connectivity index (χ0) is 18.3. The number of aliphatic carboxylic acids is 1. The molecule has 1 aromatic rings. The average molecular weight is 591 g/mol. The number of hydrogen-bond acceptors (Lipinski definition) is 5. The van der Waals surface area contributed by atoms with Gasteiger partial charge in [0.25, 0.3) is 11.8 Å². The highest BCUT2D eigenvalue weighted by Gasteiger charge is 2.44. The van der Waals surface area contributed by atoms with Crippen LogP contribution in [0.2, 0.25) is 0 Å². The summed E-state index contributed by atoms with van der Waals surface area (Å²) in [5.74, 6) is -3.98. The fourth-order valence-corrected chi connectivity index (χ4v) is 4.74. The molecule has 0 aliphatic carbocycles. The average Bonchev–Trinajstić information content (AvgIpc) is 2.75. The van der Waals surface area contributed by atoms with E-state index in [1.165, 1.54) is 0 Å². The molecule has 1 aromatic carbocycles. The standard InChI is InChI=1S/C13H8Br4N2O5/c14-7-5-6(8(15)10(17)9(7)16)12(22)19(11(5)21)3(13(23)24)1-2-4(18)20/h3H,1-2H2,(H2,18,20)(H,23,24)/p-1. The molecule has 11 heteroatoms. The Bertz CT molecular complexity index is 748. The van der Waals surface area contributed by atoms with Crippen molar-refractivity contribution in [1.29, 1.82) is 0 Å². The van der Waals surface area contributed by atoms with Crippen molar-refractivity contribution in [3.63, 3.8) is 0 Å². The number of rotatable bonds is 5. The molecule has 128 valence electrons. The summed E-state index contributed by atoms with van der Waals surface area (Å²) in [7, 11) is 0. The van der Waals surface area contributed by atoms with E-state index in [9.17, 15) is 24.3 Å². The fourth-order valence-electron chi connectivity index (χ4n) is 2.28. The van der Waals surface area contributed by atoms with Gasteiger partial charge in [0.05, 0.1) is 23.1 Å². The van der Waals surface area contributed by atoms with Crippen LogP contribution in [0.5, 0.6) is 0 Å². The van der Waals surface area contributed by atoms with E-state index in [1.807, 2.05) is 0 Å². The first-order chi connectivity index (χ1) is 11.1. The van der Waals surface area contributed by atoms with Crippen LogP contribution in [0.1, 0.15) is 33.6 Å². The molecule has 0 bridgehead atoms. The molecule has 1 heterocycles. The predicted molar refractivity (Wildman–Crippen MR) is 95.0 cm³/mol. The van der Waals surface area contributed by atoms with E-state index in [0.717, 1.165) is 0 Å². The minimum absolute atomic E-state index is 0.0206. The van der Waals surface area contributed by atoms with Crippen LogP contribution in [-0.4, -0.2) is 34.6 Å². The van der Waals surface area contributed by atoms with E-state index >= 15 is 0 Å². The lowest BCUT2D eigenvalue weighted by Crippen LogP contribution is -2.51. The summed E-state index contributed by atoms with van der Waals surface area (Å²) in [6.07, 6.45) is -0.623. The van der Waals surface area contributed by atoms with E-state index < -0.39 is 29.7 Å². The van der Waals surface area contributed by atoms with Crippen molar-refractivity contribution in [2.75, 3.05) is 0 Å². The van der Waals surface area contributed by atoms with Gasteiger partial charge in [-0.15, -0.1) is 0 Å². The first-order valence-electron chi connectivity index (χ1n) is 6.32. The maximum atomic E-state index is 12.6. The molecule has 24 heavy (non-hydrogen) atoms. The number of imide groups is 1. The molecule has 0 saturated heterocycles. The molecule has 0 saturated carbocycles. The third kappa shape index (κ3) is 3.18. The number of halogens is 4. The van der Waals surface area contributed by atoms with Gasteiger partial charge < -0.3 is 15.6 Å². The van der Waals surface area contributed by atoms with E-state index in [4.69, 9.17) is 5.73 Å². The Balaban J connectivity index is 2.57. The van der Waals surface area contributed by atoms with Gasteiger partial charge in [-0.25, -0.2) is 0 Å². The maximum Gasteiger partial charge on any atom is 0.263 e. The Labute approximate surface area is 169 Å². The first-order valence-corrected chi connectivity index (χ1v) is 9.49. The quantitative estimate of drug-likeness (QED) is 0.318. The number of carbonyl (C=O) groups is 4. The molecule has 0 fully saturated rings. The fraction of sp³-hybridized carbons (Fsp3) is 0.231. The van der Waals surface area contributed by atoms with Crippen LogP contribution >= 0.6 is 63.7 Å². The molecule has 7 nitrogen and oxygen atoms in total. The third-order valence-electron chi connectivity index (χ3n) is 3.38. The lowest BCUT2D eigenvalue weighted by Gasteiger charge is -2.26. The van der Waals surface area contributed by atoms with Crippen LogP contribution in [-0.2, 0) is 9.59 Å². The van der Waals surface area contributed by atoms with Crippen LogP contribution in [0.3, 0.4) is 0 Å². The molecular weight excluding hydrogens is 584 g/mol. The first kappa shape index (κ1) is 19.5. The molecule has 1 aliphatic heterocycles. The number of benzene rings is 1. The summed E-state index contributed by atoms with van der Waals surface area (Å²) in [6, 6.07) is -1.60. The summed E-state index contributed by atoms with van der Waals surface area (Å²) in [5, 5.41) is 11.4. The van der Waals surface area contributed by atoms with Crippen LogP contribution in [0.4, 0.5) is 0 Å². The van der Waals surface area contributed by atoms with Crippen LogP contribution in [0, 0.1) is 0 Å². The molecule has 0 aromatic heterocycles. The zero-order valence-corrected chi connectivity index (χ0v) is 17.9. The zero-order valence-electron chi connectivity index (χ0n) is 11.6. The van der Waals surface area contributed by atoms with Gasteiger partial charge in [-0.1, -0.05) is 0 Å². The Morgan fingerprint density at radius 3 is 1.71 bits per heavy atom. The SMILES string of the molecule is NC(=O)CCC(C(=O)[O-])N1C(=O)c2c(Br)c(Br)c(Br)c(Br)c2C1=O. The predicted octanol–water partition coefficient (Wildman–Crippen LogP) is 1.72. The van der Waals surface area contributed by atoms with E-state index in [1.54, 1.807) is 0 Å². The minimum atomic E-state index is -1.64. The van der Waals surface area contributed by atoms with Crippen molar-refractivity contribution in [2.45, 2.75) is 18.9 Å². The molecule has 1 aliphatic rings. The minimum Gasteiger partial charge on any atom is -0.548 e. The molecule has 3 amide bonds. The van der Waals surface area contributed by atoms with Crippen molar-refractivity contribution in [3.8, 4) is 0 Å². The van der Waals surface area contributed by atoms with Crippen molar-refractivity contribution in [3.05, 3.63) is 29.0 Å². The number of primary amides is 1. The highest BCUT2D eigenvalue weighted by Crippen LogP contribution is 2.45. The number of carboxylic acids is 1. The van der Waals surface area contributed by atoms with Crippen molar-refractivity contribution < 1.29 is 24.3 Å². The van der Waals surface area contributed by atoms with Gasteiger partial charge in [0.1, 0.15) is 0 Å². The molecule has 0 radical (unpaired) electrons. The van der Waals surface area contributed by atoms with Crippen LogP contribution in [0.25, 0.3) is 0 Å². The number of nitrogens with zero attached hydrogens (tertiary/aromatic N) is 1. The normalized spacial score (nSPS) is 14.8. The Kier molecular flexibility index (Phi) is 5.88. The maximum absolute atomic E-state index is 12.6. The highest BCUT2D eigenvalue weighted by atomic mass is 79.9. The number of nitrogens with two attached hydrogens (primary N) is 1. The summed E-state index contributed by atoms with van der Waals surface area (Å²) in [5.41, 5.74) is 5.05. The molecular formula is C13H7Br4N2O5-. The van der Waals surface area contributed by atoms with E-state index in [2.05, 4.69) is 63.7 Å². The molecule has 1 unspecified atom stereocenters. The lowest BCUT2D eigenvalue weighted by atomic mass is 10.1.